The molecule has 1 aliphatic heterocycles. The number of nitrogens with zero attached hydrogens (tertiary/aromatic N) is 2. The van der Waals surface area contributed by atoms with Gasteiger partial charge in [-0.3, -0.25) is 14.5 Å². The Morgan fingerprint density at radius 1 is 1.19 bits per heavy atom. The molecule has 7 heteroatoms. The van der Waals surface area contributed by atoms with Crippen LogP contribution in [0.25, 0.3) is 10.2 Å². The fourth-order valence-electron chi connectivity index (χ4n) is 3.05. The fourth-order valence-corrected chi connectivity index (χ4v) is 4.04. The van der Waals surface area contributed by atoms with Crippen molar-refractivity contribution in [3.05, 3.63) is 54.6 Å². The van der Waals surface area contributed by atoms with Crippen LogP contribution in [0.5, 0.6) is 5.75 Å². The Morgan fingerprint density at radius 3 is 2.78 bits per heavy atom. The van der Waals surface area contributed by atoms with Gasteiger partial charge in [0, 0.05) is 13.0 Å². The van der Waals surface area contributed by atoms with Gasteiger partial charge in [-0.1, -0.05) is 41.7 Å². The van der Waals surface area contributed by atoms with Gasteiger partial charge in [-0.15, -0.1) is 0 Å². The summed E-state index contributed by atoms with van der Waals surface area (Å²) >= 11 is 1.47. The van der Waals surface area contributed by atoms with Gasteiger partial charge in [0.15, 0.2) is 5.13 Å². The average molecular weight is 381 g/mol. The molecule has 1 aromatic heterocycles. The van der Waals surface area contributed by atoms with Crippen molar-refractivity contribution in [2.75, 3.05) is 24.6 Å². The van der Waals surface area contributed by atoms with E-state index in [1.54, 1.807) is 4.90 Å². The number of amides is 2. The van der Waals surface area contributed by atoms with Crippen LogP contribution in [0.1, 0.15) is 6.42 Å². The molecule has 3 aromatic rings. The first kappa shape index (κ1) is 17.5. The van der Waals surface area contributed by atoms with E-state index in [1.165, 1.54) is 11.3 Å². The maximum Gasteiger partial charge on any atom is 0.229 e. The monoisotopic (exact) mass is 381 g/mol. The van der Waals surface area contributed by atoms with Crippen LogP contribution in [-0.2, 0) is 9.59 Å². The Morgan fingerprint density at radius 2 is 1.96 bits per heavy atom. The summed E-state index contributed by atoms with van der Waals surface area (Å²) in [4.78, 5) is 30.9. The van der Waals surface area contributed by atoms with E-state index in [2.05, 4.69) is 10.3 Å². The van der Waals surface area contributed by atoms with Crippen LogP contribution in [-0.4, -0.2) is 36.5 Å². The maximum atomic E-state index is 12.4. The zero-order valence-corrected chi connectivity index (χ0v) is 15.4. The molecule has 1 saturated heterocycles. The minimum atomic E-state index is -0.360. The zero-order chi connectivity index (χ0) is 18.6. The molecule has 138 valence electrons. The summed E-state index contributed by atoms with van der Waals surface area (Å²) in [5.41, 5.74) is 0.872. The lowest BCUT2D eigenvalue weighted by Crippen LogP contribution is -2.35. The van der Waals surface area contributed by atoms with Crippen LogP contribution in [0, 0.1) is 5.92 Å². The summed E-state index contributed by atoms with van der Waals surface area (Å²) in [5, 5.41) is 3.51. The van der Waals surface area contributed by atoms with Crippen molar-refractivity contribution >= 4 is 38.5 Å². The predicted molar refractivity (Wildman–Crippen MR) is 105 cm³/mol. The van der Waals surface area contributed by atoms with E-state index >= 15 is 0 Å². The van der Waals surface area contributed by atoms with Gasteiger partial charge in [-0.05, 0) is 24.3 Å². The highest BCUT2D eigenvalue weighted by molar-refractivity contribution is 7.22. The molecule has 2 heterocycles. The molecular weight excluding hydrogens is 362 g/mol. The third kappa shape index (κ3) is 3.93. The number of rotatable bonds is 6. The van der Waals surface area contributed by atoms with Gasteiger partial charge in [0.1, 0.15) is 12.4 Å². The van der Waals surface area contributed by atoms with E-state index in [-0.39, 0.29) is 24.2 Å². The van der Waals surface area contributed by atoms with Crippen LogP contribution in [0.2, 0.25) is 0 Å². The lowest BCUT2D eigenvalue weighted by molar-refractivity contribution is -0.126. The topological polar surface area (TPSA) is 71.5 Å². The van der Waals surface area contributed by atoms with Crippen LogP contribution >= 0.6 is 11.3 Å². The number of para-hydroxylation sites is 2. The number of ether oxygens (including phenoxy) is 1. The normalized spacial score (nSPS) is 16.7. The molecule has 4 rings (SSSR count). The number of hydrogen-bond donors (Lipinski definition) is 1. The summed E-state index contributed by atoms with van der Waals surface area (Å²) in [6.07, 6.45) is 0.210. The molecule has 2 amide bonds. The van der Waals surface area contributed by atoms with Gasteiger partial charge in [0.25, 0.3) is 0 Å². The van der Waals surface area contributed by atoms with Crippen molar-refractivity contribution in [2.24, 2.45) is 5.92 Å². The average Bonchev–Trinajstić information content (AvgIpc) is 3.29. The van der Waals surface area contributed by atoms with E-state index in [4.69, 9.17) is 4.74 Å². The minimum absolute atomic E-state index is 0.0604. The first-order valence-electron chi connectivity index (χ1n) is 8.82. The standard InChI is InChI=1S/C20H19N3O3S/c24-18-12-14(19(25)21-10-11-26-15-6-2-1-3-7-15)13-23(18)20-22-16-8-4-5-9-17(16)27-20/h1-9,14H,10-13H2,(H,21,25). The second kappa shape index (κ2) is 7.75. The Kier molecular flexibility index (Phi) is 5.02. The van der Waals surface area contributed by atoms with E-state index in [0.717, 1.165) is 16.0 Å². The second-order valence-corrected chi connectivity index (χ2v) is 7.33. The number of benzene rings is 2. The number of thiazole rings is 1. The van der Waals surface area contributed by atoms with Crippen molar-refractivity contribution in [1.82, 2.24) is 10.3 Å². The highest BCUT2D eigenvalue weighted by Crippen LogP contribution is 2.32. The molecule has 6 nitrogen and oxygen atoms in total. The van der Waals surface area contributed by atoms with E-state index in [0.29, 0.717) is 24.8 Å². The third-order valence-corrected chi connectivity index (χ3v) is 5.48. The first-order valence-corrected chi connectivity index (χ1v) is 9.64. The smallest absolute Gasteiger partial charge is 0.229 e. The molecule has 0 aliphatic carbocycles. The number of nitrogens with one attached hydrogen (secondary N) is 1. The van der Waals surface area contributed by atoms with Crippen LogP contribution in [0.3, 0.4) is 0 Å². The van der Waals surface area contributed by atoms with Crippen LogP contribution in [0.15, 0.2) is 54.6 Å². The SMILES string of the molecule is O=C(NCCOc1ccccc1)C1CC(=O)N(c2nc3ccccc3s2)C1. The molecule has 0 saturated carbocycles. The van der Waals surface area contributed by atoms with Crippen molar-refractivity contribution in [3.8, 4) is 5.75 Å². The first-order chi connectivity index (χ1) is 13.2. The van der Waals surface area contributed by atoms with E-state index < -0.39 is 0 Å². The van der Waals surface area contributed by atoms with Gasteiger partial charge in [0.05, 0.1) is 22.7 Å². The van der Waals surface area contributed by atoms with Gasteiger partial charge in [-0.25, -0.2) is 4.98 Å². The molecule has 1 aliphatic rings. The third-order valence-electron chi connectivity index (χ3n) is 4.42. The molecular formula is C20H19N3O3S. The zero-order valence-electron chi connectivity index (χ0n) is 14.6. The van der Waals surface area contributed by atoms with Crippen LogP contribution < -0.4 is 15.0 Å². The quantitative estimate of drug-likeness (QED) is 0.667. The van der Waals surface area contributed by atoms with Crippen molar-refractivity contribution in [3.63, 3.8) is 0 Å². The lowest BCUT2D eigenvalue weighted by atomic mass is 10.1. The van der Waals surface area contributed by atoms with E-state index in [9.17, 15) is 9.59 Å². The molecule has 2 aromatic carbocycles. The molecule has 0 radical (unpaired) electrons. The molecule has 1 fully saturated rings. The summed E-state index contributed by atoms with van der Waals surface area (Å²) in [6, 6.07) is 17.2. The number of anilines is 1. The van der Waals surface area contributed by atoms with Gasteiger partial charge >= 0.3 is 0 Å². The largest absolute Gasteiger partial charge is 0.492 e. The Hall–Kier alpha value is -2.93. The summed E-state index contributed by atoms with van der Waals surface area (Å²) in [5.74, 6) is 0.226. The van der Waals surface area contributed by atoms with Crippen molar-refractivity contribution < 1.29 is 14.3 Å². The number of carbonyl (C=O) groups excluding carboxylic acids is 2. The Balaban J connectivity index is 1.31. The Labute approximate surface area is 160 Å². The summed E-state index contributed by atoms with van der Waals surface area (Å²) in [6.45, 7) is 1.15. The van der Waals surface area contributed by atoms with Crippen molar-refractivity contribution in [2.45, 2.75) is 6.42 Å². The van der Waals surface area contributed by atoms with Crippen LogP contribution in [0.4, 0.5) is 5.13 Å². The molecule has 1 N–H and O–H groups in total. The molecule has 1 atom stereocenters. The molecule has 0 bridgehead atoms. The van der Waals surface area contributed by atoms with Crippen molar-refractivity contribution in [1.29, 1.82) is 0 Å². The van der Waals surface area contributed by atoms with E-state index in [1.807, 2.05) is 54.6 Å². The highest BCUT2D eigenvalue weighted by atomic mass is 32.1. The number of fused-ring (bicyclic) bond motifs is 1. The van der Waals surface area contributed by atoms with Gasteiger partial charge < -0.3 is 10.1 Å². The number of carbonyl (C=O) groups is 2. The highest BCUT2D eigenvalue weighted by Gasteiger charge is 2.36. The number of aromatic nitrogens is 1. The predicted octanol–water partition coefficient (Wildman–Crippen LogP) is 2.84. The van der Waals surface area contributed by atoms with Gasteiger partial charge in [0.2, 0.25) is 11.8 Å². The maximum absolute atomic E-state index is 12.4. The Bertz CT molecular complexity index is 924. The molecule has 1 unspecified atom stereocenters. The lowest BCUT2D eigenvalue weighted by Gasteiger charge is -2.13. The number of hydrogen-bond acceptors (Lipinski definition) is 5. The van der Waals surface area contributed by atoms with Gasteiger partial charge in [-0.2, -0.15) is 0 Å². The minimum Gasteiger partial charge on any atom is -0.492 e. The molecule has 27 heavy (non-hydrogen) atoms. The molecule has 0 spiro atoms. The second-order valence-electron chi connectivity index (χ2n) is 6.32. The summed E-state index contributed by atoms with van der Waals surface area (Å²) in [7, 11) is 0. The fraction of sp³-hybridized carbons (Fsp3) is 0.250. The summed E-state index contributed by atoms with van der Waals surface area (Å²) < 4.78 is 6.60.